The van der Waals surface area contributed by atoms with Gasteiger partial charge >= 0.3 is 5.97 Å². The van der Waals surface area contributed by atoms with E-state index in [9.17, 15) is 4.79 Å². The number of halogens is 1. The van der Waals surface area contributed by atoms with Crippen molar-refractivity contribution in [2.45, 2.75) is 19.3 Å². The third kappa shape index (κ3) is 2.68. The first-order valence-corrected chi connectivity index (χ1v) is 7.52. The fourth-order valence-corrected chi connectivity index (χ4v) is 3.16. The molecule has 1 atom stereocenters. The van der Waals surface area contributed by atoms with Gasteiger partial charge in [-0.1, -0.05) is 23.8 Å². The summed E-state index contributed by atoms with van der Waals surface area (Å²) in [5.41, 5.74) is 3.17. The Morgan fingerprint density at radius 1 is 1.24 bits per heavy atom. The van der Waals surface area contributed by atoms with Gasteiger partial charge in [-0.3, -0.25) is 4.79 Å². The molecule has 3 rings (SSSR count). The third-order valence-electron chi connectivity index (χ3n) is 3.71. The zero-order chi connectivity index (χ0) is 15.0. The van der Waals surface area contributed by atoms with Crippen LogP contribution in [0.15, 0.2) is 40.9 Å². The predicted octanol–water partition coefficient (Wildman–Crippen LogP) is 4.01. The van der Waals surface area contributed by atoms with Crippen LogP contribution < -0.4 is 9.47 Å². The number of esters is 1. The third-order valence-corrected chi connectivity index (χ3v) is 4.33. The molecule has 4 heteroatoms. The molecule has 1 heterocycles. The number of ether oxygens (including phenoxy) is 2. The number of hydrogen-bond acceptors (Lipinski definition) is 3. The molecule has 1 aliphatic rings. The van der Waals surface area contributed by atoms with Crippen LogP contribution in [0.5, 0.6) is 11.5 Å². The molecule has 108 valence electrons. The molecule has 21 heavy (non-hydrogen) atoms. The lowest BCUT2D eigenvalue weighted by Crippen LogP contribution is -2.26. The van der Waals surface area contributed by atoms with Crippen LogP contribution in [0.1, 0.15) is 22.6 Å². The fraction of sp³-hybridized carbons (Fsp3) is 0.235. The van der Waals surface area contributed by atoms with Crippen molar-refractivity contribution in [3.63, 3.8) is 0 Å². The Labute approximate surface area is 132 Å². The highest BCUT2D eigenvalue weighted by Crippen LogP contribution is 2.36. The summed E-state index contributed by atoms with van der Waals surface area (Å²) in [6.45, 7) is 2.04. The molecular formula is C17H15BrO3. The smallest absolute Gasteiger partial charge is 0.319 e. The average molecular weight is 347 g/mol. The van der Waals surface area contributed by atoms with Crippen LogP contribution in [-0.2, 0) is 11.2 Å². The van der Waals surface area contributed by atoms with Crippen molar-refractivity contribution in [2.24, 2.45) is 0 Å². The molecule has 0 amide bonds. The van der Waals surface area contributed by atoms with Crippen molar-refractivity contribution in [3.8, 4) is 11.5 Å². The lowest BCUT2D eigenvalue weighted by Gasteiger charge is -2.24. The molecule has 0 saturated carbocycles. The molecule has 2 aromatic carbocycles. The van der Waals surface area contributed by atoms with Crippen molar-refractivity contribution in [1.82, 2.24) is 0 Å². The van der Waals surface area contributed by atoms with Gasteiger partial charge < -0.3 is 9.47 Å². The number of benzene rings is 2. The fourth-order valence-electron chi connectivity index (χ4n) is 2.60. The molecule has 0 radical (unpaired) electrons. The largest absolute Gasteiger partial charge is 0.496 e. The van der Waals surface area contributed by atoms with Gasteiger partial charge in [0, 0.05) is 0 Å². The standard InChI is InChI=1S/C17H15BrO3/c1-10-3-5-15-12(7-10)8-13(17(19)21-15)11-4-6-16(20-2)14(18)9-11/h3-7,9,13H,8H2,1-2H3. The van der Waals surface area contributed by atoms with Crippen LogP contribution in [0, 0.1) is 6.92 Å². The molecule has 2 aromatic rings. The van der Waals surface area contributed by atoms with Crippen LogP contribution in [0.2, 0.25) is 0 Å². The number of carbonyl (C=O) groups excluding carboxylic acids is 1. The minimum Gasteiger partial charge on any atom is -0.496 e. The lowest BCUT2D eigenvalue weighted by molar-refractivity contribution is -0.137. The van der Waals surface area contributed by atoms with Crippen molar-refractivity contribution >= 4 is 21.9 Å². The highest BCUT2D eigenvalue weighted by atomic mass is 79.9. The second-order valence-corrected chi connectivity index (χ2v) is 6.04. The number of carbonyl (C=O) groups is 1. The lowest BCUT2D eigenvalue weighted by atomic mass is 9.89. The van der Waals surface area contributed by atoms with E-state index >= 15 is 0 Å². The quantitative estimate of drug-likeness (QED) is 0.608. The maximum Gasteiger partial charge on any atom is 0.319 e. The van der Waals surface area contributed by atoms with Gasteiger partial charge in [-0.2, -0.15) is 0 Å². The van der Waals surface area contributed by atoms with E-state index in [-0.39, 0.29) is 11.9 Å². The van der Waals surface area contributed by atoms with Gasteiger partial charge in [-0.25, -0.2) is 0 Å². The van der Waals surface area contributed by atoms with Crippen LogP contribution in [0.25, 0.3) is 0 Å². The Morgan fingerprint density at radius 3 is 2.76 bits per heavy atom. The summed E-state index contributed by atoms with van der Waals surface area (Å²) in [7, 11) is 1.62. The van der Waals surface area contributed by atoms with Gasteiger partial charge in [-0.15, -0.1) is 0 Å². The Balaban J connectivity index is 1.96. The normalized spacial score (nSPS) is 17.1. The molecular weight excluding hydrogens is 332 g/mol. The van der Waals surface area contributed by atoms with Gasteiger partial charge in [0.05, 0.1) is 17.5 Å². The Morgan fingerprint density at radius 2 is 2.05 bits per heavy atom. The van der Waals surface area contributed by atoms with E-state index < -0.39 is 0 Å². The summed E-state index contributed by atoms with van der Waals surface area (Å²) in [6, 6.07) is 11.6. The molecule has 3 nitrogen and oxygen atoms in total. The van der Waals surface area contributed by atoms with Crippen LogP contribution in [0.4, 0.5) is 0 Å². The summed E-state index contributed by atoms with van der Waals surface area (Å²) >= 11 is 3.46. The van der Waals surface area contributed by atoms with Gasteiger partial charge in [0.25, 0.3) is 0 Å². The summed E-state index contributed by atoms with van der Waals surface area (Å²) in [5, 5.41) is 0. The molecule has 0 aromatic heterocycles. The van der Waals surface area contributed by atoms with E-state index in [0.29, 0.717) is 12.2 Å². The predicted molar refractivity (Wildman–Crippen MR) is 84.0 cm³/mol. The molecule has 0 fully saturated rings. The molecule has 1 unspecified atom stereocenters. The van der Waals surface area contributed by atoms with Gasteiger partial charge in [-0.05, 0) is 58.6 Å². The SMILES string of the molecule is COc1ccc(C2Cc3cc(C)ccc3OC2=O)cc1Br. The highest BCUT2D eigenvalue weighted by molar-refractivity contribution is 9.10. The zero-order valence-electron chi connectivity index (χ0n) is 11.9. The van der Waals surface area contributed by atoms with E-state index in [0.717, 1.165) is 21.3 Å². The first-order valence-electron chi connectivity index (χ1n) is 6.73. The average Bonchev–Trinajstić information content (AvgIpc) is 2.47. The second-order valence-electron chi connectivity index (χ2n) is 5.18. The van der Waals surface area contributed by atoms with E-state index in [1.54, 1.807) is 7.11 Å². The molecule has 0 bridgehead atoms. The van der Waals surface area contributed by atoms with Gasteiger partial charge in [0.2, 0.25) is 0 Å². The van der Waals surface area contributed by atoms with E-state index in [2.05, 4.69) is 22.0 Å². The Hall–Kier alpha value is -1.81. The monoisotopic (exact) mass is 346 g/mol. The molecule has 0 N–H and O–H groups in total. The summed E-state index contributed by atoms with van der Waals surface area (Å²) < 4.78 is 11.5. The molecule has 0 aliphatic carbocycles. The number of aryl methyl sites for hydroxylation is 1. The van der Waals surface area contributed by atoms with Crippen molar-refractivity contribution in [1.29, 1.82) is 0 Å². The van der Waals surface area contributed by atoms with Crippen LogP contribution >= 0.6 is 15.9 Å². The topological polar surface area (TPSA) is 35.5 Å². The maximum absolute atomic E-state index is 12.2. The minimum atomic E-state index is -0.276. The van der Waals surface area contributed by atoms with Crippen LogP contribution in [-0.4, -0.2) is 13.1 Å². The van der Waals surface area contributed by atoms with E-state index in [4.69, 9.17) is 9.47 Å². The minimum absolute atomic E-state index is 0.205. The molecule has 0 spiro atoms. The number of fused-ring (bicyclic) bond motifs is 1. The zero-order valence-corrected chi connectivity index (χ0v) is 13.4. The van der Waals surface area contributed by atoms with E-state index in [1.807, 2.05) is 37.3 Å². The van der Waals surface area contributed by atoms with Gasteiger partial charge in [0.15, 0.2) is 0 Å². The van der Waals surface area contributed by atoms with Crippen molar-refractivity contribution in [2.75, 3.05) is 7.11 Å². The van der Waals surface area contributed by atoms with Crippen molar-refractivity contribution in [3.05, 3.63) is 57.6 Å². The number of hydrogen-bond donors (Lipinski definition) is 0. The highest BCUT2D eigenvalue weighted by Gasteiger charge is 2.30. The summed E-state index contributed by atoms with van der Waals surface area (Å²) in [6.07, 6.45) is 0.661. The summed E-state index contributed by atoms with van der Waals surface area (Å²) in [4.78, 5) is 12.2. The second kappa shape index (κ2) is 5.53. The van der Waals surface area contributed by atoms with Crippen LogP contribution in [0.3, 0.4) is 0 Å². The first kappa shape index (κ1) is 14.1. The van der Waals surface area contributed by atoms with E-state index in [1.165, 1.54) is 5.56 Å². The molecule has 1 aliphatic heterocycles. The summed E-state index contributed by atoms with van der Waals surface area (Å²) in [5.74, 6) is 0.943. The van der Waals surface area contributed by atoms with Crippen molar-refractivity contribution < 1.29 is 14.3 Å². The number of rotatable bonds is 2. The van der Waals surface area contributed by atoms with Gasteiger partial charge in [0.1, 0.15) is 11.5 Å². The Bertz CT molecular complexity index is 709. The Kier molecular flexibility index (Phi) is 3.72. The maximum atomic E-state index is 12.2. The number of methoxy groups -OCH3 is 1. The first-order chi connectivity index (χ1) is 10.1. The molecule has 0 saturated heterocycles.